The number of hydrogen-bond donors (Lipinski definition) is 2. The Hall–Kier alpha value is -1.89. The third kappa shape index (κ3) is 5.83. The molecule has 0 saturated carbocycles. The van der Waals surface area contributed by atoms with Gasteiger partial charge >= 0.3 is 0 Å². The van der Waals surface area contributed by atoms with Crippen LogP contribution in [-0.4, -0.2) is 48.6 Å². The molecule has 0 radical (unpaired) electrons. The van der Waals surface area contributed by atoms with Crippen LogP contribution in [0.2, 0.25) is 0 Å². The molecule has 0 fully saturated rings. The second-order valence-electron chi connectivity index (χ2n) is 4.13. The second-order valence-corrected chi connectivity index (χ2v) is 4.13. The second kappa shape index (κ2) is 8.31. The third-order valence-electron chi connectivity index (χ3n) is 2.52. The standard InChI is InChI=1S/C13H18F2N2O3/c14-12(15)9-17(5-6-18)13(19)4-7-20-11-3-1-2-10(16)8-11/h1-3,8,12,18H,4-7,9,16H2. The molecule has 0 aliphatic heterocycles. The van der Waals surface area contributed by atoms with Crippen molar-refractivity contribution in [1.29, 1.82) is 0 Å². The molecular formula is C13H18F2N2O3. The molecule has 0 bridgehead atoms. The van der Waals surface area contributed by atoms with Crippen LogP contribution in [-0.2, 0) is 4.79 Å². The van der Waals surface area contributed by atoms with E-state index in [-0.39, 0.29) is 26.2 Å². The highest BCUT2D eigenvalue weighted by molar-refractivity contribution is 5.76. The summed E-state index contributed by atoms with van der Waals surface area (Å²) >= 11 is 0. The zero-order valence-electron chi connectivity index (χ0n) is 11.0. The Labute approximate surface area is 115 Å². The topological polar surface area (TPSA) is 75.8 Å². The van der Waals surface area contributed by atoms with Gasteiger partial charge in [-0.1, -0.05) is 6.07 Å². The molecule has 0 aliphatic rings. The molecule has 112 valence electrons. The summed E-state index contributed by atoms with van der Waals surface area (Å²) in [4.78, 5) is 12.6. The fraction of sp³-hybridized carbons (Fsp3) is 0.462. The highest BCUT2D eigenvalue weighted by Crippen LogP contribution is 2.14. The van der Waals surface area contributed by atoms with Gasteiger partial charge in [-0.2, -0.15) is 0 Å². The Kier molecular flexibility index (Phi) is 6.72. The number of alkyl halides is 2. The predicted octanol–water partition coefficient (Wildman–Crippen LogP) is 1.12. The number of aliphatic hydroxyl groups is 1. The van der Waals surface area contributed by atoms with Gasteiger partial charge in [0.05, 0.1) is 26.2 Å². The van der Waals surface area contributed by atoms with Crippen molar-refractivity contribution in [1.82, 2.24) is 4.90 Å². The van der Waals surface area contributed by atoms with Gasteiger partial charge in [-0.25, -0.2) is 8.78 Å². The average molecular weight is 288 g/mol. The fourth-order valence-corrected chi connectivity index (χ4v) is 1.62. The van der Waals surface area contributed by atoms with Gasteiger partial charge in [0.2, 0.25) is 5.91 Å². The number of benzene rings is 1. The van der Waals surface area contributed by atoms with E-state index in [0.717, 1.165) is 4.90 Å². The number of amides is 1. The van der Waals surface area contributed by atoms with Gasteiger partial charge in [-0.05, 0) is 12.1 Å². The SMILES string of the molecule is Nc1cccc(OCCC(=O)N(CCO)CC(F)F)c1. The van der Waals surface area contributed by atoms with Crippen LogP contribution in [0, 0.1) is 0 Å². The van der Waals surface area contributed by atoms with Gasteiger partial charge in [0, 0.05) is 18.3 Å². The maximum absolute atomic E-state index is 12.3. The maximum Gasteiger partial charge on any atom is 0.255 e. The lowest BCUT2D eigenvalue weighted by molar-refractivity contribution is -0.134. The van der Waals surface area contributed by atoms with Gasteiger partial charge in [-0.15, -0.1) is 0 Å². The molecule has 1 aromatic carbocycles. The highest BCUT2D eigenvalue weighted by atomic mass is 19.3. The van der Waals surface area contributed by atoms with Crippen molar-refractivity contribution in [3.63, 3.8) is 0 Å². The fourth-order valence-electron chi connectivity index (χ4n) is 1.62. The van der Waals surface area contributed by atoms with Crippen LogP contribution in [0.5, 0.6) is 5.75 Å². The number of nitrogens with zero attached hydrogens (tertiary/aromatic N) is 1. The quantitative estimate of drug-likeness (QED) is 0.703. The lowest BCUT2D eigenvalue weighted by Gasteiger charge is -2.21. The molecule has 0 heterocycles. The van der Waals surface area contributed by atoms with E-state index in [1.54, 1.807) is 24.3 Å². The van der Waals surface area contributed by atoms with E-state index >= 15 is 0 Å². The maximum atomic E-state index is 12.3. The average Bonchev–Trinajstić information content (AvgIpc) is 2.37. The van der Waals surface area contributed by atoms with Gasteiger partial charge in [-0.3, -0.25) is 4.79 Å². The summed E-state index contributed by atoms with van der Waals surface area (Å²) in [6, 6.07) is 6.70. The van der Waals surface area contributed by atoms with Crippen LogP contribution in [0.25, 0.3) is 0 Å². The molecule has 1 aromatic rings. The molecular weight excluding hydrogens is 270 g/mol. The molecule has 1 amide bonds. The number of carbonyl (C=O) groups excluding carboxylic acids is 1. The number of anilines is 1. The van der Waals surface area contributed by atoms with Gasteiger partial charge in [0.15, 0.2) is 0 Å². The molecule has 1 rings (SSSR count). The molecule has 0 aliphatic carbocycles. The van der Waals surface area contributed by atoms with Crippen molar-refractivity contribution in [2.24, 2.45) is 0 Å². The Morgan fingerprint density at radius 3 is 2.80 bits per heavy atom. The first kappa shape index (κ1) is 16.2. The van der Waals surface area contributed by atoms with Crippen molar-refractivity contribution < 1.29 is 23.4 Å². The lowest BCUT2D eigenvalue weighted by Crippen LogP contribution is -2.37. The van der Waals surface area contributed by atoms with E-state index in [4.69, 9.17) is 15.6 Å². The minimum atomic E-state index is -2.62. The number of nitrogen functional groups attached to an aromatic ring is 1. The van der Waals surface area contributed by atoms with Crippen molar-refractivity contribution in [3.05, 3.63) is 24.3 Å². The van der Waals surface area contributed by atoms with Crippen LogP contribution in [0.15, 0.2) is 24.3 Å². The molecule has 0 atom stereocenters. The third-order valence-corrected chi connectivity index (χ3v) is 2.52. The summed E-state index contributed by atoms with van der Waals surface area (Å²) in [6.45, 7) is -1.08. The van der Waals surface area contributed by atoms with E-state index in [2.05, 4.69) is 0 Å². The number of halogens is 2. The zero-order chi connectivity index (χ0) is 15.0. The Morgan fingerprint density at radius 2 is 2.20 bits per heavy atom. The zero-order valence-corrected chi connectivity index (χ0v) is 11.0. The summed E-state index contributed by atoms with van der Waals surface area (Å²) in [7, 11) is 0. The molecule has 7 heteroatoms. The van der Waals surface area contributed by atoms with Crippen LogP contribution in [0.4, 0.5) is 14.5 Å². The number of nitrogens with two attached hydrogens (primary N) is 1. The van der Waals surface area contributed by atoms with Crippen molar-refractivity contribution in [3.8, 4) is 5.75 Å². The first-order valence-corrected chi connectivity index (χ1v) is 6.18. The molecule has 5 nitrogen and oxygen atoms in total. The van der Waals surface area contributed by atoms with Crippen LogP contribution >= 0.6 is 0 Å². The molecule has 3 N–H and O–H groups in total. The largest absolute Gasteiger partial charge is 0.493 e. The van der Waals surface area contributed by atoms with E-state index in [1.165, 1.54) is 0 Å². The Morgan fingerprint density at radius 1 is 1.45 bits per heavy atom. The lowest BCUT2D eigenvalue weighted by atomic mass is 10.3. The summed E-state index contributed by atoms with van der Waals surface area (Å²) in [5.41, 5.74) is 6.10. The predicted molar refractivity (Wildman–Crippen MR) is 70.6 cm³/mol. The van der Waals surface area contributed by atoms with Gasteiger partial charge in [0.25, 0.3) is 6.43 Å². The van der Waals surface area contributed by atoms with Crippen LogP contribution in [0.3, 0.4) is 0 Å². The summed E-state index contributed by atoms with van der Waals surface area (Å²) in [6.07, 6.45) is -2.66. The van der Waals surface area contributed by atoms with E-state index in [9.17, 15) is 13.6 Å². The van der Waals surface area contributed by atoms with Crippen molar-refractivity contribution in [2.75, 3.05) is 32.0 Å². The molecule has 0 spiro atoms. The summed E-state index contributed by atoms with van der Waals surface area (Å²) < 4.78 is 29.9. The number of carbonyl (C=O) groups is 1. The first-order valence-electron chi connectivity index (χ1n) is 6.18. The van der Waals surface area contributed by atoms with Crippen LogP contribution < -0.4 is 10.5 Å². The number of ether oxygens (including phenoxy) is 1. The van der Waals surface area contributed by atoms with Crippen LogP contribution in [0.1, 0.15) is 6.42 Å². The van der Waals surface area contributed by atoms with E-state index in [1.807, 2.05) is 0 Å². The Bertz CT molecular complexity index is 430. The summed E-state index contributed by atoms with van der Waals surface area (Å²) in [5, 5.41) is 8.75. The number of rotatable bonds is 8. The molecule has 0 saturated heterocycles. The minimum Gasteiger partial charge on any atom is -0.493 e. The molecule has 0 unspecified atom stereocenters. The van der Waals surface area contributed by atoms with E-state index < -0.39 is 18.9 Å². The Balaban J connectivity index is 2.40. The first-order chi connectivity index (χ1) is 9.52. The number of hydrogen-bond acceptors (Lipinski definition) is 4. The highest BCUT2D eigenvalue weighted by Gasteiger charge is 2.17. The molecule has 20 heavy (non-hydrogen) atoms. The van der Waals surface area contributed by atoms with Crippen molar-refractivity contribution >= 4 is 11.6 Å². The smallest absolute Gasteiger partial charge is 0.255 e. The number of aliphatic hydroxyl groups excluding tert-OH is 1. The van der Waals surface area contributed by atoms with Gasteiger partial charge in [0.1, 0.15) is 5.75 Å². The normalized spacial score (nSPS) is 10.6. The van der Waals surface area contributed by atoms with Gasteiger partial charge < -0.3 is 20.5 Å². The molecule has 0 aromatic heterocycles. The summed E-state index contributed by atoms with van der Waals surface area (Å²) in [5.74, 6) is 0.0311. The van der Waals surface area contributed by atoms with Crippen molar-refractivity contribution in [2.45, 2.75) is 12.8 Å². The monoisotopic (exact) mass is 288 g/mol. The minimum absolute atomic E-state index is 0.0402. The van der Waals surface area contributed by atoms with E-state index in [0.29, 0.717) is 11.4 Å².